The van der Waals surface area contributed by atoms with Crippen molar-refractivity contribution in [2.45, 2.75) is 16.8 Å². The second kappa shape index (κ2) is 11.6. The molecule has 42 heavy (non-hydrogen) atoms. The SMILES string of the molecule is O=C(OCC(=O)c1ccccc1Cl)c1ccc(N2C(=O)CC(Sc3nncc(-c4ccc5c(c4)OCO5)n3)C2=O)cc1. The summed E-state index contributed by atoms with van der Waals surface area (Å²) in [6.07, 6.45) is 1.43. The smallest absolute Gasteiger partial charge is 0.338 e. The van der Waals surface area contributed by atoms with E-state index in [1.165, 1.54) is 30.5 Å². The van der Waals surface area contributed by atoms with Gasteiger partial charge in [0.2, 0.25) is 29.5 Å². The number of aromatic nitrogens is 3. The molecule has 3 aromatic carbocycles. The summed E-state index contributed by atoms with van der Waals surface area (Å²) in [6, 6.07) is 17.6. The Morgan fingerprint density at radius 1 is 1.02 bits per heavy atom. The summed E-state index contributed by atoms with van der Waals surface area (Å²) in [5, 5.41) is 7.77. The van der Waals surface area contributed by atoms with Gasteiger partial charge in [0.1, 0.15) is 5.25 Å². The van der Waals surface area contributed by atoms with Gasteiger partial charge >= 0.3 is 5.97 Å². The number of carbonyl (C=O) groups excluding carboxylic acids is 4. The molecule has 210 valence electrons. The third-order valence-corrected chi connectivity index (χ3v) is 7.80. The van der Waals surface area contributed by atoms with Crippen molar-refractivity contribution in [1.29, 1.82) is 0 Å². The number of nitrogens with zero attached hydrogens (tertiary/aromatic N) is 4. The van der Waals surface area contributed by atoms with E-state index in [2.05, 4.69) is 15.2 Å². The summed E-state index contributed by atoms with van der Waals surface area (Å²) in [7, 11) is 0. The van der Waals surface area contributed by atoms with Crippen LogP contribution in [0.15, 0.2) is 78.1 Å². The Hall–Kier alpha value is -4.81. The van der Waals surface area contributed by atoms with Gasteiger partial charge in [-0.1, -0.05) is 35.5 Å². The minimum absolute atomic E-state index is 0.0605. The number of esters is 1. The molecule has 11 nitrogen and oxygen atoms in total. The number of ketones is 1. The van der Waals surface area contributed by atoms with Gasteiger partial charge < -0.3 is 14.2 Å². The highest BCUT2D eigenvalue weighted by atomic mass is 35.5. The molecule has 0 radical (unpaired) electrons. The lowest BCUT2D eigenvalue weighted by Gasteiger charge is -2.15. The fourth-order valence-corrected chi connectivity index (χ4v) is 5.53. The van der Waals surface area contributed by atoms with E-state index < -0.39 is 35.4 Å². The molecule has 0 aliphatic carbocycles. The van der Waals surface area contributed by atoms with Gasteiger partial charge in [-0.2, -0.15) is 5.10 Å². The standard InChI is InChI=1S/C29H19ClN4O7S/c30-20-4-2-1-3-19(20)22(35)14-39-28(38)16-5-8-18(9-6-16)34-26(36)12-25(27(34)37)42-29-32-21(13-31-33-29)17-7-10-23-24(11-17)41-15-40-23/h1-11,13,25H,12,14-15H2. The molecule has 2 amide bonds. The third-order valence-electron chi connectivity index (χ3n) is 6.43. The van der Waals surface area contributed by atoms with Crippen LogP contribution in [0.2, 0.25) is 5.02 Å². The lowest BCUT2D eigenvalue weighted by molar-refractivity contribution is -0.121. The highest BCUT2D eigenvalue weighted by Gasteiger charge is 2.41. The Morgan fingerprint density at radius 3 is 2.62 bits per heavy atom. The van der Waals surface area contributed by atoms with Crippen LogP contribution in [0.5, 0.6) is 11.5 Å². The summed E-state index contributed by atoms with van der Waals surface area (Å²) >= 11 is 7.06. The third kappa shape index (κ3) is 5.54. The van der Waals surface area contributed by atoms with Gasteiger partial charge in [0.05, 0.1) is 28.2 Å². The van der Waals surface area contributed by atoms with Crippen molar-refractivity contribution in [3.8, 4) is 22.8 Å². The number of benzene rings is 3. The number of thioether (sulfide) groups is 1. The molecule has 1 atom stereocenters. The first-order valence-electron chi connectivity index (χ1n) is 12.6. The van der Waals surface area contributed by atoms with Crippen molar-refractivity contribution in [1.82, 2.24) is 15.2 Å². The average Bonchev–Trinajstić information content (AvgIpc) is 3.59. The maximum absolute atomic E-state index is 13.2. The molecule has 1 saturated heterocycles. The molecule has 6 rings (SSSR count). The number of imide groups is 1. The number of Topliss-reactive ketones (excluding diaryl/α,β-unsaturated/α-hetero) is 1. The number of hydrogen-bond donors (Lipinski definition) is 0. The Bertz CT molecular complexity index is 1730. The van der Waals surface area contributed by atoms with E-state index in [-0.39, 0.29) is 34.5 Å². The van der Waals surface area contributed by atoms with Crippen molar-refractivity contribution < 1.29 is 33.4 Å². The minimum Gasteiger partial charge on any atom is -0.454 e. The van der Waals surface area contributed by atoms with E-state index in [0.29, 0.717) is 22.9 Å². The molecule has 2 aliphatic rings. The molecular weight excluding hydrogens is 584 g/mol. The maximum Gasteiger partial charge on any atom is 0.338 e. The number of fused-ring (bicyclic) bond motifs is 1. The number of carbonyl (C=O) groups is 4. The van der Waals surface area contributed by atoms with Crippen LogP contribution in [0.3, 0.4) is 0 Å². The van der Waals surface area contributed by atoms with Crippen LogP contribution in [0, 0.1) is 0 Å². The van der Waals surface area contributed by atoms with Crippen molar-refractivity contribution >= 4 is 52.6 Å². The van der Waals surface area contributed by atoms with Crippen LogP contribution < -0.4 is 14.4 Å². The second-order valence-corrected chi connectivity index (χ2v) is 10.7. The van der Waals surface area contributed by atoms with Crippen molar-refractivity contribution in [3.63, 3.8) is 0 Å². The summed E-state index contributed by atoms with van der Waals surface area (Å²) in [4.78, 5) is 56.4. The van der Waals surface area contributed by atoms with Crippen LogP contribution in [0.25, 0.3) is 11.3 Å². The Kier molecular flexibility index (Phi) is 7.55. The predicted molar refractivity (Wildman–Crippen MR) is 151 cm³/mol. The second-order valence-electron chi connectivity index (χ2n) is 9.10. The molecule has 1 unspecified atom stereocenters. The molecular formula is C29H19ClN4O7S. The molecule has 0 saturated carbocycles. The van der Waals surface area contributed by atoms with Gasteiger partial charge in [0, 0.05) is 17.5 Å². The van der Waals surface area contributed by atoms with E-state index in [1.54, 1.807) is 36.4 Å². The van der Waals surface area contributed by atoms with Gasteiger partial charge in [-0.05, 0) is 54.6 Å². The molecule has 2 aliphatic heterocycles. The van der Waals surface area contributed by atoms with Crippen molar-refractivity contribution in [2.24, 2.45) is 0 Å². The number of amides is 2. The van der Waals surface area contributed by atoms with Crippen LogP contribution >= 0.6 is 23.4 Å². The van der Waals surface area contributed by atoms with Gasteiger partial charge in [0.25, 0.3) is 0 Å². The van der Waals surface area contributed by atoms with Gasteiger partial charge in [-0.3, -0.25) is 14.4 Å². The zero-order chi connectivity index (χ0) is 29.2. The Labute approximate surface area is 247 Å². The summed E-state index contributed by atoms with van der Waals surface area (Å²) < 4.78 is 15.9. The van der Waals surface area contributed by atoms with Crippen LogP contribution in [-0.4, -0.2) is 57.4 Å². The summed E-state index contributed by atoms with van der Waals surface area (Å²) in [5.41, 5.74) is 1.95. The zero-order valence-electron chi connectivity index (χ0n) is 21.6. The average molecular weight is 603 g/mol. The van der Waals surface area contributed by atoms with Gasteiger partial charge in [0.15, 0.2) is 18.1 Å². The molecule has 0 bridgehead atoms. The molecule has 0 N–H and O–H groups in total. The van der Waals surface area contributed by atoms with E-state index in [4.69, 9.17) is 25.8 Å². The predicted octanol–water partition coefficient (Wildman–Crippen LogP) is 4.38. The van der Waals surface area contributed by atoms with Crippen molar-refractivity contribution in [3.05, 3.63) is 89.1 Å². The van der Waals surface area contributed by atoms with Gasteiger partial charge in [-0.15, -0.1) is 5.10 Å². The fourth-order valence-electron chi connectivity index (χ4n) is 4.35. The topological polar surface area (TPSA) is 138 Å². The number of halogens is 1. The largest absolute Gasteiger partial charge is 0.454 e. The Morgan fingerprint density at radius 2 is 1.81 bits per heavy atom. The van der Waals surface area contributed by atoms with Crippen molar-refractivity contribution in [2.75, 3.05) is 18.3 Å². The van der Waals surface area contributed by atoms with E-state index in [0.717, 1.165) is 22.2 Å². The van der Waals surface area contributed by atoms with E-state index in [1.807, 2.05) is 6.07 Å². The molecule has 4 aromatic rings. The fraction of sp³-hybridized carbons (Fsp3) is 0.138. The summed E-state index contributed by atoms with van der Waals surface area (Å²) in [6.45, 7) is -0.340. The van der Waals surface area contributed by atoms with Crippen LogP contribution in [0.1, 0.15) is 27.1 Å². The van der Waals surface area contributed by atoms with Crippen LogP contribution in [-0.2, 0) is 14.3 Å². The minimum atomic E-state index is -0.758. The molecule has 1 aromatic heterocycles. The highest BCUT2D eigenvalue weighted by Crippen LogP contribution is 2.36. The molecule has 0 spiro atoms. The number of anilines is 1. The number of ether oxygens (including phenoxy) is 3. The number of rotatable bonds is 8. The highest BCUT2D eigenvalue weighted by molar-refractivity contribution is 8.00. The number of hydrogen-bond acceptors (Lipinski definition) is 11. The van der Waals surface area contributed by atoms with E-state index in [9.17, 15) is 19.2 Å². The zero-order valence-corrected chi connectivity index (χ0v) is 23.1. The Balaban J connectivity index is 1.09. The quantitative estimate of drug-likeness (QED) is 0.161. The lowest BCUT2D eigenvalue weighted by atomic mass is 10.1. The first-order chi connectivity index (χ1) is 20.4. The maximum atomic E-state index is 13.2. The normalized spacial score (nSPS) is 15.6. The first-order valence-corrected chi connectivity index (χ1v) is 13.8. The first kappa shape index (κ1) is 27.4. The lowest BCUT2D eigenvalue weighted by Crippen LogP contribution is -2.31. The molecule has 1 fully saturated rings. The summed E-state index contributed by atoms with van der Waals surface area (Å²) in [5.74, 6) is -0.790. The molecule has 13 heteroatoms. The van der Waals surface area contributed by atoms with Crippen LogP contribution in [0.4, 0.5) is 5.69 Å². The molecule has 3 heterocycles. The monoisotopic (exact) mass is 602 g/mol. The van der Waals surface area contributed by atoms with E-state index >= 15 is 0 Å². The van der Waals surface area contributed by atoms with Gasteiger partial charge in [-0.25, -0.2) is 14.7 Å².